The Kier molecular flexibility index (Phi) is 5.41. The van der Waals surface area contributed by atoms with E-state index in [2.05, 4.69) is 0 Å². The molecule has 11 heavy (non-hydrogen) atoms. The highest BCUT2D eigenvalue weighted by Crippen LogP contribution is 2.11. The molecule has 4 nitrogen and oxygen atoms in total. The molecule has 4 heteroatoms. The summed E-state index contributed by atoms with van der Waals surface area (Å²) in [6, 6.07) is 0. The largest absolute Gasteiger partial charge is 0.396 e. The summed E-state index contributed by atoms with van der Waals surface area (Å²) >= 11 is 0. The van der Waals surface area contributed by atoms with Crippen LogP contribution in [0.1, 0.15) is 13.3 Å². The summed E-state index contributed by atoms with van der Waals surface area (Å²) in [5.41, 5.74) is 0. The number of aliphatic hydroxyl groups is 4. The molecule has 0 aliphatic rings. The number of rotatable bonds is 5. The van der Waals surface area contributed by atoms with E-state index in [-0.39, 0.29) is 19.6 Å². The summed E-state index contributed by atoms with van der Waals surface area (Å²) in [5.74, 6) is -0.554. The van der Waals surface area contributed by atoms with Crippen LogP contribution in [0, 0.1) is 5.92 Å². The molecule has 0 amide bonds. The highest BCUT2D eigenvalue weighted by molar-refractivity contribution is 4.72. The van der Waals surface area contributed by atoms with Gasteiger partial charge in [0.15, 0.2) is 0 Å². The molecule has 68 valence electrons. The molecule has 0 saturated carbocycles. The summed E-state index contributed by atoms with van der Waals surface area (Å²) < 4.78 is 0. The third-order valence-corrected chi connectivity index (χ3v) is 1.75. The maximum absolute atomic E-state index is 9.20. The first-order chi connectivity index (χ1) is 5.13. The van der Waals surface area contributed by atoms with Crippen molar-refractivity contribution in [3.05, 3.63) is 0 Å². The SMILES string of the molecule is CC(O)C(CO)C(O)CCO. The van der Waals surface area contributed by atoms with Crippen LogP contribution in [0.15, 0.2) is 0 Å². The van der Waals surface area contributed by atoms with Gasteiger partial charge in [0.25, 0.3) is 0 Å². The van der Waals surface area contributed by atoms with Gasteiger partial charge in [-0.2, -0.15) is 0 Å². The van der Waals surface area contributed by atoms with Crippen molar-refractivity contribution in [3.8, 4) is 0 Å². The van der Waals surface area contributed by atoms with Crippen LogP contribution in [0.25, 0.3) is 0 Å². The number of hydrogen-bond acceptors (Lipinski definition) is 4. The maximum Gasteiger partial charge on any atom is 0.0636 e. The van der Waals surface area contributed by atoms with Gasteiger partial charge in [-0.15, -0.1) is 0 Å². The molecule has 0 aliphatic heterocycles. The third kappa shape index (κ3) is 3.67. The Morgan fingerprint density at radius 2 is 1.73 bits per heavy atom. The van der Waals surface area contributed by atoms with Gasteiger partial charge in [0, 0.05) is 12.5 Å². The Hall–Kier alpha value is -0.160. The Labute approximate surface area is 66.1 Å². The van der Waals surface area contributed by atoms with Gasteiger partial charge in [0.05, 0.1) is 18.8 Å². The molecule has 0 bridgehead atoms. The van der Waals surface area contributed by atoms with E-state index in [9.17, 15) is 5.11 Å². The van der Waals surface area contributed by atoms with E-state index in [1.54, 1.807) is 0 Å². The molecular weight excluding hydrogens is 148 g/mol. The van der Waals surface area contributed by atoms with Crippen LogP contribution in [-0.4, -0.2) is 45.8 Å². The van der Waals surface area contributed by atoms with Crippen molar-refractivity contribution in [2.45, 2.75) is 25.6 Å². The molecule has 0 rings (SSSR count). The van der Waals surface area contributed by atoms with E-state index < -0.39 is 18.1 Å². The predicted molar refractivity (Wildman–Crippen MR) is 40.0 cm³/mol. The van der Waals surface area contributed by atoms with Gasteiger partial charge >= 0.3 is 0 Å². The van der Waals surface area contributed by atoms with Crippen LogP contribution in [0.4, 0.5) is 0 Å². The summed E-state index contributed by atoms with van der Waals surface area (Å²) in [5, 5.41) is 35.3. The van der Waals surface area contributed by atoms with E-state index >= 15 is 0 Å². The monoisotopic (exact) mass is 164 g/mol. The fraction of sp³-hybridized carbons (Fsp3) is 1.00. The van der Waals surface area contributed by atoms with Gasteiger partial charge in [-0.25, -0.2) is 0 Å². The molecule has 3 atom stereocenters. The Morgan fingerprint density at radius 3 is 2.00 bits per heavy atom. The van der Waals surface area contributed by atoms with E-state index in [0.29, 0.717) is 0 Å². The highest BCUT2D eigenvalue weighted by Gasteiger charge is 2.22. The third-order valence-electron chi connectivity index (χ3n) is 1.75. The molecule has 4 N–H and O–H groups in total. The summed E-state index contributed by atoms with van der Waals surface area (Å²) in [6.07, 6.45) is -1.39. The van der Waals surface area contributed by atoms with Crippen molar-refractivity contribution >= 4 is 0 Å². The molecule has 0 aliphatic carbocycles. The van der Waals surface area contributed by atoms with Crippen LogP contribution < -0.4 is 0 Å². The first-order valence-corrected chi connectivity index (χ1v) is 3.71. The van der Waals surface area contributed by atoms with Gasteiger partial charge in [-0.1, -0.05) is 0 Å². The van der Waals surface area contributed by atoms with Crippen LogP contribution in [0.5, 0.6) is 0 Å². The van der Waals surface area contributed by atoms with E-state index in [0.717, 1.165) is 0 Å². The lowest BCUT2D eigenvalue weighted by Crippen LogP contribution is -2.33. The van der Waals surface area contributed by atoms with Gasteiger partial charge in [-0.3, -0.25) is 0 Å². The quantitative estimate of drug-likeness (QED) is 0.408. The van der Waals surface area contributed by atoms with Crippen molar-refractivity contribution in [2.24, 2.45) is 5.92 Å². The number of hydrogen-bond donors (Lipinski definition) is 4. The van der Waals surface area contributed by atoms with Gasteiger partial charge < -0.3 is 20.4 Å². The summed E-state index contributed by atoms with van der Waals surface area (Å²) in [4.78, 5) is 0. The van der Waals surface area contributed by atoms with Crippen molar-refractivity contribution in [1.82, 2.24) is 0 Å². The lowest BCUT2D eigenvalue weighted by atomic mass is 9.96. The minimum Gasteiger partial charge on any atom is -0.396 e. The number of aliphatic hydroxyl groups excluding tert-OH is 4. The zero-order valence-corrected chi connectivity index (χ0v) is 6.64. The van der Waals surface area contributed by atoms with Gasteiger partial charge in [0.2, 0.25) is 0 Å². The van der Waals surface area contributed by atoms with E-state index in [1.807, 2.05) is 0 Å². The minimum atomic E-state index is -0.829. The predicted octanol–water partition coefficient (Wildman–Crippen LogP) is -1.28. The average Bonchev–Trinajstić information content (AvgIpc) is 1.88. The Bertz CT molecular complexity index is 94.4. The van der Waals surface area contributed by atoms with Gasteiger partial charge in [-0.05, 0) is 13.3 Å². The molecule has 0 fully saturated rings. The first-order valence-electron chi connectivity index (χ1n) is 3.71. The topological polar surface area (TPSA) is 80.9 Å². The standard InChI is InChI=1S/C7H16O4/c1-5(10)6(4-9)7(11)2-3-8/h5-11H,2-4H2,1H3. The zero-order valence-electron chi connectivity index (χ0n) is 6.64. The average molecular weight is 164 g/mol. The van der Waals surface area contributed by atoms with Crippen molar-refractivity contribution in [3.63, 3.8) is 0 Å². The molecule has 0 aromatic rings. The second-order valence-corrected chi connectivity index (χ2v) is 2.67. The zero-order chi connectivity index (χ0) is 8.85. The molecular formula is C7H16O4. The second-order valence-electron chi connectivity index (χ2n) is 2.67. The molecule has 0 heterocycles. The second kappa shape index (κ2) is 5.49. The molecule has 0 aromatic heterocycles. The van der Waals surface area contributed by atoms with Crippen LogP contribution >= 0.6 is 0 Å². The lowest BCUT2D eigenvalue weighted by molar-refractivity contribution is -0.0177. The fourth-order valence-electron chi connectivity index (χ4n) is 0.942. The van der Waals surface area contributed by atoms with Crippen LogP contribution in [0.3, 0.4) is 0 Å². The first kappa shape index (κ1) is 10.8. The van der Waals surface area contributed by atoms with E-state index in [1.165, 1.54) is 6.92 Å². The lowest BCUT2D eigenvalue weighted by Gasteiger charge is -2.22. The van der Waals surface area contributed by atoms with Crippen molar-refractivity contribution < 1.29 is 20.4 Å². The maximum atomic E-state index is 9.20. The molecule has 3 unspecified atom stereocenters. The van der Waals surface area contributed by atoms with Crippen LogP contribution in [-0.2, 0) is 0 Å². The highest BCUT2D eigenvalue weighted by atomic mass is 16.3. The summed E-state index contributed by atoms with van der Waals surface area (Å²) in [7, 11) is 0. The normalized spacial score (nSPS) is 19.4. The minimum absolute atomic E-state index is 0.135. The molecule has 0 radical (unpaired) electrons. The van der Waals surface area contributed by atoms with E-state index in [4.69, 9.17) is 15.3 Å². The Morgan fingerprint density at radius 1 is 1.18 bits per heavy atom. The smallest absolute Gasteiger partial charge is 0.0636 e. The van der Waals surface area contributed by atoms with Crippen LogP contribution in [0.2, 0.25) is 0 Å². The fourth-order valence-corrected chi connectivity index (χ4v) is 0.942. The molecule has 0 aromatic carbocycles. The molecule has 0 spiro atoms. The van der Waals surface area contributed by atoms with Crippen molar-refractivity contribution in [2.75, 3.05) is 13.2 Å². The van der Waals surface area contributed by atoms with Crippen molar-refractivity contribution in [1.29, 1.82) is 0 Å². The molecule has 0 saturated heterocycles. The van der Waals surface area contributed by atoms with Gasteiger partial charge in [0.1, 0.15) is 0 Å². The Balaban J connectivity index is 3.81. The summed E-state index contributed by atoms with van der Waals surface area (Å²) in [6.45, 7) is 1.10.